The first-order valence-electron chi connectivity index (χ1n) is 8.01. The van der Waals surface area contributed by atoms with Gasteiger partial charge in [0.1, 0.15) is 0 Å². The maximum absolute atomic E-state index is 4.31. The first-order chi connectivity index (χ1) is 10.6. The standard InChI is InChI=1S/C16H29N5S.HI/c1-13(21-9-7-20(4)8-10-21)11-18-16(17-3)19-12-15-6-5-14(2)22-15;/h5-6,13H,7-12H2,1-4H3,(H2,17,18,19);1H. The summed E-state index contributed by atoms with van der Waals surface area (Å²) in [5.41, 5.74) is 0. The molecule has 2 heterocycles. The Morgan fingerprint density at radius 3 is 2.52 bits per heavy atom. The van der Waals surface area contributed by atoms with Crippen LogP contribution in [0.3, 0.4) is 0 Å². The van der Waals surface area contributed by atoms with Crippen LogP contribution in [-0.4, -0.2) is 68.6 Å². The third-order valence-electron chi connectivity index (χ3n) is 4.18. The van der Waals surface area contributed by atoms with E-state index in [9.17, 15) is 0 Å². The number of aryl methyl sites for hydroxylation is 1. The molecule has 1 aromatic rings. The zero-order valence-corrected chi connectivity index (χ0v) is 17.8. The maximum Gasteiger partial charge on any atom is 0.191 e. The number of nitrogens with zero attached hydrogens (tertiary/aromatic N) is 3. The monoisotopic (exact) mass is 451 g/mol. The molecule has 0 saturated carbocycles. The highest BCUT2D eigenvalue weighted by Crippen LogP contribution is 2.14. The highest BCUT2D eigenvalue weighted by molar-refractivity contribution is 14.0. The minimum absolute atomic E-state index is 0. The first kappa shape index (κ1) is 20.7. The van der Waals surface area contributed by atoms with Gasteiger partial charge >= 0.3 is 0 Å². The van der Waals surface area contributed by atoms with Crippen molar-refractivity contribution in [1.29, 1.82) is 0 Å². The van der Waals surface area contributed by atoms with Crippen molar-refractivity contribution in [2.24, 2.45) is 4.99 Å². The van der Waals surface area contributed by atoms with Gasteiger partial charge in [-0.2, -0.15) is 0 Å². The Morgan fingerprint density at radius 1 is 1.26 bits per heavy atom. The van der Waals surface area contributed by atoms with Crippen LogP contribution < -0.4 is 10.6 Å². The predicted octanol–water partition coefficient (Wildman–Crippen LogP) is 1.98. The highest BCUT2D eigenvalue weighted by Gasteiger charge is 2.18. The fourth-order valence-electron chi connectivity index (χ4n) is 2.61. The van der Waals surface area contributed by atoms with Crippen LogP contribution in [0.2, 0.25) is 0 Å². The average Bonchev–Trinajstić information content (AvgIpc) is 2.93. The van der Waals surface area contributed by atoms with Crippen molar-refractivity contribution < 1.29 is 0 Å². The molecule has 1 aliphatic heterocycles. The molecule has 1 aromatic heterocycles. The number of nitrogens with one attached hydrogen (secondary N) is 2. The van der Waals surface area contributed by atoms with Gasteiger partial charge in [-0.15, -0.1) is 35.3 Å². The zero-order valence-electron chi connectivity index (χ0n) is 14.6. The molecule has 0 spiro atoms. The van der Waals surface area contributed by atoms with E-state index in [-0.39, 0.29) is 24.0 Å². The molecule has 23 heavy (non-hydrogen) atoms. The molecule has 2 rings (SSSR count). The van der Waals surface area contributed by atoms with E-state index in [1.807, 2.05) is 18.4 Å². The lowest BCUT2D eigenvalue weighted by Crippen LogP contribution is -2.52. The van der Waals surface area contributed by atoms with Gasteiger partial charge in [0.05, 0.1) is 6.54 Å². The second-order valence-corrected chi connectivity index (χ2v) is 7.38. The fourth-order valence-corrected chi connectivity index (χ4v) is 3.44. The van der Waals surface area contributed by atoms with E-state index >= 15 is 0 Å². The Morgan fingerprint density at radius 2 is 1.96 bits per heavy atom. The van der Waals surface area contributed by atoms with Crippen LogP contribution in [0.4, 0.5) is 0 Å². The number of aliphatic imine (C=N–C) groups is 1. The SMILES string of the molecule is CN=C(NCc1ccc(C)s1)NCC(C)N1CCN(C)CC1.I. The summed E-state index contributed by atoms with van der Waals surface area (Å²) in [6.07, 6.45) is 0. The molecular weight excluding hydrogens is 421 g/mol. The van der Waals surface area contributed by atoms with E-state index in [2.05, 4.69) is 58.5 Å². The topological polar surface area (TPSA) is 42.9 Å². The van der Waals surface area contributed by atoms with Gasteiger partial charge in [0, 0.05) is 55.6 Å². The van der Waals surface area contributed by atoms with Crippen molar-refractivity contribution in [3.8, 4) is 0 Å². The van der Waals surface area contributed by atoms with E-state index < -0.39 is 0 Å². The van der Waals surface area contributed by atoms with Crippen LogP contribution in [0.25, 0.3) is 0 Å². The van der Waals surface area contributed by atoms with Crippen LogP contribution in [-0.2, 0) is 6.54 Å². The van der Waals surface area contributed by atoms with E-state index in [4.69, 9.17) is 0 Å². The molecule has 7 heteroatoms. The second kappa shape index (κ2) is 10.5. The van der Waals surface area contributed by atoms with Crippen molar-refractivity contribution in [2.45, 2.75) is 26.4 Å². The largest absolute Gasteiger partial charge is 0.355 e. The summed E-state index contributed by atoms with van der Waals surface area (Å²) in [4.78, 5) is 11.9. The minimum atomic E-state index is 0. The number of guanidine groups is 1. The number of piperazine rings is 1. The molecule has 1 unspecified atom stereocenters. The van der Waals surface area contributed by atoms with Gasteiger partial charge in [-0.25, -0.2) is 0 Å². The normalized spacial score (nSPS) is 18.3. The lowest BCUT2D eigenvalue weighted by atomic mass is 10.2. The van der Waals surface area contributed by atoms with E-state index in [0.29, 0.717) is 6.04 Å². The third-order valence-corrected chi connectivity index (χ3v) is 5.18. The van der Waals surface area contributed by atoms with Gasteiger partial charge in [0.25, 0.3) is 0 Å². The molecule has 132 valence electrons. The summed E-state index contributed by atoms with van der Waals surface area (Å²) in [7, 11) is 4.02. The second-order valence-electron chi connectivity index (χ2n) is 6.01. The van der Waals surface area contributed by atoms with Gasteiger partial charge in [0.2, 0.25) is 0 Å². The Balaban J connectivity index is 0.00000264. The first-order valence-corrected chi connectivity index (χ1v) is 8.82. The zero-order chi connectivity index (χ0) is 15.9. The van der Waals surface area contributed by atoms with E-state index in [1.54, 1.807) is 0 Å². The summed E-state index contributed by atoms with van der Waals surface area (Å²) >= 11 is 1.83. The van der Waals surface area contributed by atoms with Gasteiger partial charge in [-0.05, 0) is 33.0 Å². The maximum atomic E-state index is 4.31. The number of thiophene rings is 1. The summed E-state index contributed by atoms with van der Waals surface area (Å²) in [6, 6.07) is 4.86. The van der Waals surface area contributed by atoms with Crippen LogP contribution in [0.5, 0.6) is 0 Å². The van der Waals surface area contributed by atoms with Crippen LogP contribution >= 0.6 is 35.3 Å². The van der Waals surface area contributed by atoms with Gasteiger partial charge in [0.15, 0.2) is 5.96 Å². The summed E-state index contributed by atoms with van der Waals surface area (Å²) in [5, 5.41) is 6.83. The molecular formula is C16H30IN5S. The molecule has 1 saturated heterocycles. The van der Waals surface area contributed by atoms with Crippen LogP contribution in [0, 0.1) is 6.92 Å². The number of halogens is 1. The van der Waals surface area contributed by atoms with E-state index in [1.165, 1.54) is 9.75 Å². The quantitative estimate of drug-likeness (QED) is 0.408. The van der Waals surface area contributed by atoms with Crippen molar-refractivity contribution in [1.82, 2.24) is 20.4 Å². The number of rotatable bonds is 5. The van der Waals surface area contributed by atoms with Crippen LogP contribution in [0.15, 0.2) is 17.1 Å². The van der Waals surface area contributed by atoms with Gasteiger partial charge < -0.3 is 15.5 Å². The predicted molar refractivity (Wildman–Crippen MR) is 111 cm³/mol. The van der Waals surface area contributed by atoms with Crippen molar-refractivity contribution in [2.75, 3.05) is 46.8 Å². The lowest BCUT2D eigenvalue weighted by molar-refractivity contribution is 0.120. The Hall–Kier alpha value is -0.380. The lowest BCUT2D eigenvalue weighted by Gasteiger charge is -2.36. The minimum Gasteiger partial charge on any atom is -0.355 e. The third kappa shape index (κ3) is 6.94. The molecule has 0 aromatic carbocycles. The summed E-state index contributed by atoms with van der Waals surface area (Å²) < 4.78 is 0. The fraction of sp³-hybridized carbons (Fsp3) is 0.688. The number of likely N-dealkylation sites (N-methyl/N-ethyl adjacent to an activating group) is 1. The number of hydrogen-bond acceptors (Lipinski definition) is 4. The highest BCUT2D eigenvalue weighted by atomic mass is 127. The molecule has 0 amide bonds. The van der Waals surface area contributed by atoms with Crippen molar-refractivity contribution in [3.05, 3.63) is 21.9 Å². The van der Waals surface area contributed by atoms with E-state index in [0.717, 1.165) is 45.2 Å². The number of hydrogen-bond donors (Lipinski definition) is 2. The molecule has 1 atom stereocenters. The molecule has 1 fully saturated rings. The average molecular weight is 451 g/mol. The molecule has 1 aliphatic rings. The molecule has 0 bridgehead atoms. The van der Waals surface area contributed by atoms with Gasteiger partial charge in [-0.3, -0.25) is 9.89 Å². The Kier molecular flexibility index (Phi) is 9.41. The smallest absolute Gasteiger partial charge is 0.191 e. The Bertz CT molecular complexity index is 483. The molecule has 5 nitrogen and oxygen atoms in total. The molecule has 0 aliphatic carbocycles. The summed E-state index contributed by atoms with van der Waals surface area (Å²) in [5.74, 6) is 0.882. The summed E-state index contributed by atoms with van der Waals surface area (Å²) in [6.45, 7) is 10.8. The molecule has 2 N–H and O–H groups in total. The van der Waals surface area contributed by atoms with Crippen molar-refractivity contribution >= 4 is 41.3 Å². The van der Waals surface area contributed by atoms with Gasteiger partial charge in [-0.1, -0.05) is 0 Å². The Labute approximate surface area is 161 Å². The molecule has 0 radical (unpaired) electrons. The van der Waals surface area contributed by atoms with Crippen LogP contribution in [0.1, 0.15) is 16.7 Å². The van der Waals surface area contributed by atoms with Crippen molar-refractivity contribution in [3.63, 3.8) is 0 Å².